The Balaban J connectivity index is 2.27. The van der Waals surface area contributed by atoms with Crippen molar-refractivity contribution in [1.29, 1.82) is 0 Å². The molecule has 6 heteroatoms. The largest absolute Gasteiger partial charge is 0.493 e. The Morgan fingerprint density at radius 2 is 1.81 bits per heavy atom. The standard InChI is InChI=1S/C15H13ClINO3/c1-20-13-8-9(7-12(16)14(13)21-2)15(19)18-11-5-3-10(17)4-6-11/h3-8H,1-2H3,(H,18,19). The van der Waals surface area contributed by atoms with Crippen molar-refractivity contribution in [3.63, 3.8) is 0 Å². The average Bonchev–Trinajstić information content (AvgIpc) is 2.48. The fraction of sp³-hybridized carbons (Fsp3) is 0.133. The highest BCUT2D eigenvalue weighted by atomic mass is 127. The molecule has 0 bridgehead atoms. The number of carbonyl (C=O) groups excluding carboxylic acids is 1. The molecule has 0 radical (unpaired) electrons. The number of ether oxygens (including phenoxy) is 2. The van der Waals surface area contributed by atoms with E-state index in [1.54, 1.807) is 12.1 Å². The fourth-order valence-electron chi connectivity index (χ4n) is 1.79. The second kappa shape index (κ2) is 7.00. The Bertz CT molecular complexity index is 659. The van der Waals surface area contributed by atoms with Gasteiger partial charge in [0.15, 0.2) is 11.5 Å². The second-order valence-corrected chi connectivity index (χ2v) is 5.81. The van der Waals surface area contributed by atoms with Crippen molar-refractivity contribution < 1.29 is 14.3 Å². The van der Waals surface area contributed by atoms with Crippen LogP contribution in [-0.2, 0) is 0 Å². The van der Waals surface area contributed by atoms with Crippen LogP contribution in [0.15, 0.2) is 36.4 Å². The molecule has 21 heavy (non-hydrogen) atoms. The first-order valence-electron chi connectivity index (χ1n) is 6.03. The lowest BCUT2D eigenvalue weighted by molar-refractivity contribution is 0.102. The predicted molar refractivity (Wildman–Crippen MR) is 91.7 cm³/mol. The normalized spacial score (nSPS) is 10.1. The molecule has 4 nitrogen and oxygen atoms in total. The number of methoxy groups -OCH3 is 2. The molecule has 0 saturated heterocycles. The number of hydrogen-bond donors (Lipinski definition) is 1. The smallest absolute Gasteiger partial charge is 0.255 e. The molecule has 0 aliphatic carbocycles. The van der Waals surface area contributed by atoms with Crippen molar-refractivity contribution in [3.05, 3.63) is 50.6 Å². The first kappa shape index (κ1) is 15.9. The van der Waals surface area contributed by atoms with Crippen LogP contribution in [0.25, 0.3) is 0 Å². The number of nitrogens with one attached hydrogen (secondary N) is 1. The van der Waals surface area contributed by atoms with Gasteiger partial charge >= 0.3 is 0 Å². The minimum atomic E-state index is -0.265. The highest BCUT2D eigenvalue weighted by Crippen LogP contribution is 2.36. The van der Waals surface area contributed by atoms with Gasteiger partial charge in [0.25, 0.3) is 5.91 Å². The molecule has 0 saturated carbocycles. The minimum Gasteiger partial charge on any atom is -0.493 e. The number of hydrogen-bond acceptors (Lipinski definition) is 3. The van der Waals surface area contributed by atoms with Crippen LogP contribution in [0.4, 0.5) is 5.69 Å². The van der Waals surface area contributed by atoms with Crippen LogP contribution in [0, 0.1) is 3.57 Å². The van der Waals surface area contributed by atoms with E-state index in [-0.39, 0.29) is 5.91 Å². The van der Waals surface area contributed by atoms with Crippen molar-refractivity contribution in [2.24, 2.45) is 0 Å². The van der Waals surface area contributed by atoms with Gasteiger partial charge in [0.1, 0.15) is 0 Å². The molecule has 0 aliphatic heterocycles. The Morgan fingerprint density at radius 3 is 2.38 bits per heavy atom. The van der Waals surface area contributed by atoms with E-state index in [0.29, 0.717) is 27.8 Å². The van der Waals surface area contributed by atoms with E-state index in [4.69, 9.17) is 21.1 Å². The maximum Gasteiger partial charge on any atom is 0.255 e. The van der Waals surface area contributed by atoms with E-state index < -0.39 is 0 Å². The van der Waals surface area contributed by atoms with Gasteiger partial charge in [0.2, 0.25) is 0 Å². The molecule has 1 N–H and O–H groups in total. The lowest BCUT2D eigenvalue weighted by Gasteiger charge is -2.12. The molecule has 2 rings (SSSR count). The van der Waals surface area contributed by atoms with E-state index in [2.05, 4.69) is 27.9 Å². The first-order valence-corrected chi connectivity index (χ1v) is 7.49. The number of benzene rings is 2. The number of anilines is 1. The van der Waals surface area contributed by atoms with Crippen LogP contribution in [0.3, 0.4) is 0 Å². The van der Waals surface area contributed by atoms with Crippen molar-refractivity contribution in [1.82, 2.24) is 0 Å². The molecule has 0 atom stereocenters. The minimum absolute atomic E-state index is 0.265. The third-order valence-electron chi connectivity index (χ3n) is 2.80. The zero-order valence-corrected chi connectivity index (χ0v) is 14.4. The Labute approximate surface area is 141 Å². The second-order valence-electron chi connectivity index (χ2n) is 4.15. The summed E-state index contributed by atoms with van der Waals surface area (Å²) in [5.74, 6) is 0.557. The summed E-state index contributed by atoms with van der Waals surface area (Å²) in [6, 6.07) is 10.6. The molecule has 110 valence electrons. The molecule has 0 heterocycles. The van der Waals surface area contributed by atoms with Crippen LogP contribution in [-0.4, -0.2) is 20.1 Å². The summed E-state index contributed by atoms with van der Waals surface area (Å²) in [4.78, 5) is 12.3. The van der Waals surface area contributed by atoms with Crippen LogP contribution in [0.1, 0.15) is 10.4 Å². The predicted octanol–water partition coefficient (Wildman–Crippen LogP) is 4.21. The van der Waals surface area contributed by atoms with Crippen molar-refractivity contribution in [3.8, 4) is 11.5 Å². The zero-order chi connectivity index (χ0) is 15.4. The maximum absolute atomic E-state index is 12.3. The van der Waals surface area contributed by atoms with Crippen LogP contribution in [0.5, 0.6) is 11.5 Å². The van der Waals surface area contributed by atoms with Crippen LogP contribution in [0.2, 0.25) is 5.02 Å². The van der Waals surface area contributed by atoms with Gasteiger partial charge in [-0.15, -0.1) is 0 Å². The number of rotatable bonds is 4. The molecule has 0 aliphatic rings. The van der Waals surface area contributed by atoms with Gasteiger partial charge in [-0.05, 0) is 59.0 Å². The molecular formula is C15H13ClINO3. The van der Waals surface area contributed by atoms with Gasteiger partial charge in [0, 0.05) is 14.8 Å². The molecule has 2 aromatic carbocycles. The van der Waals surface area contributed by atoms with E-state index in [1.807, 2.05) is 24.3 Å². The van der Waals surface area contributed by atoms with Gasteiger partial charge in [-0.1, -0.05) is 11.6 Å². The summed E-state index contributed by atoms with van der Waals surface area (Å²) in [5.41, 5.74) is 1.11. The highest BCUT2D eigenvalue weighted by Gasteiger charge is 2.15. The Morgan fingerprint density at radius 1 is 1.14 bits per heavy atom. The van der Waals surface area contributed by atoms with Crippen molar-refractivity contribution >= 4 is 45.8 Å². The molecule has 0 fully saturated rings. The van der Waals surface area contributed by atoms with E-state index in [1.165, 1.54) is 14.2 Å². The van der Waals surface area contributed by atoms with Gasteiger partial charge in [-0.3, -0.25) is 4.79 Å². The van der Waals surface area contributed by atoms with Gasteiger partial charge in [-0.2, -0.15) is 0 Å². The fourth-order valence-corrected chi connectivity index (χ4v) is 2.43. The summed E-state index contributed by atoms with van der Waals surface area (Å²) in [6.45, 7) is 0. The summed E-state index contributed by atoms with van der Waals surface area (Å²) in [6.07, 6.45) is 0. The highest BCUT2D eigenvalue weighted by molar-refractivity contribution is 14.1. The third kappa shape index (κ3) is 3.79. The van der Waals surface area contributed by atoms with E-state index in [0.717, 1.165) is 3.57 Å². The number of carbonyl (C=O) groups is 1. The maximum atomic E-state index is 12.3. The molecular weight excluding hydrogens is 405 g/mol. The van der Waals surface area contributed by atoms with Gasteiger partial charge in [-0.25, -0.2) is 0 Å². The quantitative estimate of drug-likeness (QED) is 0.758. The Hall–Kier alpha value is -1.47. The van der Waals surface area contributed by atoms with E-state index in [9.17, 15) is 4.79 Å². The number of halogens is 2. The monoisotopic (exact) mass is 417 g/mol. The van der Waals surface area contributed by atoms with Crippen molar-refractivity contribution in [2.45, 2.75) is 0 Å². The summed E-state index contributed by atoms with van der Waals surface area (Å²) in [5, 5.41) is 3.13. The summed E-state index contributed by atoms with van der Waals surface area (Å²) < 4.78 is 11.4. The first-order chi connectivity index (χ1) is 10.0. The topological polar surface area (TPSA) is 47.6 Å². The molecule has 2 aromatic rings. The average molecular weight is 418 g/mol. The SMILES string of the molecule is COc1cc(C(=O)Nc2ccc(I)cc2)cc(Cl)c1OC. The van der Waals surface area contributed by atoms with Gasteiger partial charge < -0.3 is 14.8 Å². The Kier molecular flexibility index (Phi) is 5.30. The van der Waals surface area contributed by atoms with Crippen LogP contribution >= 0.6 is 34.2 Å². The molecule has 0 spiro atoms. The molecule has 1 amide bonds. The van der Waals surface area contributed by atoms with Crippen LogP contribution < -0.4 is 14.8 Å². The number of amides is 1. The lowest BCUT2D eigenvalue weighted by atomic mass is 10.1. The lowest BCUT2D eigenvalue weighted by Crippen LogP contribution is -2.12. The van der Waals surface area contributed by atoms with E-state index >= 15 is 0 Å². The van der Waals surface area contributed by atoms with Gasteiger partial charge in [0.05, 0.1) is 19.2 Å². The summed E-state index contributed by atoms with van der Waals surface area (Å²) in [7, 11) is 2.99. The molecule has 0 aromatic heterocycles. The third-order valence-corrected chi connectivity index (χ3v) is 3.80. The van der Waals surface area contributed by atoms with Crippen molar-refractivity contribution in [2.75, 3.05) is 19.5 Å². The molecule has 0 unspecified atom stereocenters. The summed E-state index contributed by atoms with van der Waals surface area (Å²) >= 11 is 8.30. The zero-order valence-electron chi connectivity index (χ0n) is 11.4.